The van der Waals surface area contributed by atoms with Crippen molar-refractivity contribution >= 4 is 17.6 Å². The Labute approximate surface area is 129 Å². The number of carbonyl (C=O) groups is 1. The number of carboxylic acid groups (broad SMARTS) is 1. The third-order valence-electron chi connectivity index (χ3n) is 4.97. The number of halogens is 1. The molecule has 4 unspecified atom stereocenters. The molecule has 114 valence electrons. The van der Waals surface area contributed by atoms with Crippen LogP contribution in [0.5, 0.6) is 5.75 Å². The van der Waals surface area contributed by atoms with Gasteiger partial charge in [-0.2, -0.15) is 0 Å². The van der Waals surface area contributed by atoms with E-state index in [9.17, 15) is 9.90 Å². The molecule has 3 rings (SSSR count). The molecule has 21 heavy (non-hydrogen) atoms. The predicted octanol–water partition coefficient (Wildman–Crippen LogP) is 2.94. The van der Waals surface area contributed by atoms with Crippen molar-refractivity contribution in [1.82, 2.24) is 5.32 Å². The molecular formula is C16H20ClNO3. The predicted molar refractivity (Wildman–Crippen MR) is 80.6 cm³/mol. The van der Waals surface area contributed by atoms with Crippen LogP contribution in [0.1, 0.15) is 24.8 Å². The zero-order valence-electron chi connectivity index (χ0n) is 12.0. The summed E-state index contributed by atoms with van der Waals surface area (Å²) in [4.78, 5) is 11.5. The molecule has 2 bridgehead atoms. The van der Waals surface area contributed by atoms with Crippen molar-refractivity contribution in [1.29, 1.82) is 0 Å². The van der Waals surface area contributed by atoms with E-state index >= 15 is 0 Å². The van der Waals surface area contributed by atoms with Gasteiger partial charge in [0, 0.05) is 23.2 Å². The Hall–Kier alpha value is -1.26. The van der Waals surface area contributed by atoms with Gasteiger partial charge >= 0.3 is 5.97 Å². The Morgan fingerprint density at radius 2 is 2.19 bits per heavy atom. The average Bonchev–Trinajstić information content (AvgIpc) is 3.05. The standard InChI is InChI=1S/C16H20ClNO3/c1-21-13-5-4-12(17)7-11(13)8-18-15-10-3-2-9(6-10)14(15)16(19)20/h4-5,7,9-10,14-15,18H,2-3,6,8H2,1H3,(H,19,20). The highest BCUT2D eigenvalue weighted by molar-refractivity contribution is 6.30. The number of methoxy groups -OCH3 is 1. The van der Waals surface area contributed by atoms with Gasteiger partial charge in [0.05, 0.1) is 13.0 Å². The zero-order chi connectivity index (χ0) is 15.0. The number of benzene rings is 1. The molecule has 4 atom stereocenters. The molecular weight excluding hydrogens is 290 g/mol. The number of nitrogens with one attached hydrogen (secondary N) is 1. The number of ether oxygens (including phenoxy) is 1. The maximum absolute atomic E-state index is 11.5. The minimum atomic E-state index is -0.669. The third kappa shape index (κ3) is 2.74. The van der Waals surface area contributed by atoms with Crippen LogP contribution in [0, 0.1) is 17.8 Å². The van der Waals surface area contributed by atoms with E-state index in [1.54, 1.807) is 13.2 Å². The molecule has 1 aromatic carbocycles. The van der Waals surface area contributed by atoms with Gasteiger partial charge in [0.15, 0.2) is 0 Å². The van der Waals surface area contributed by atoms with E-state index in [0.717, 1.165) is 30.6 Å². The second kappa shape index (κ2) is 5.85. The van der Waals surface area contributed by atoms with Crippen LogP contribution in [0.3, 0.4) is 0 Å². The normalized spacial score (nSPS) is 30.6. The molecule has 0 radical (unpaired) electrons. The second-order valence-corrected chi connectivity index (χ2v) is 6.50. The van der Waals surface area contributed by atoms with Gasteiger partial charge in [0.1, 0.15) is 5.75 Å². The fourth-order valence-electron chi connectivity index (χ4n) is 4.05. The molecule has 2 fully saturated rings. The summed E-state index contributed by atoms with van der Waals surface area (Å²) in [7, 11) is 1.63. The van der Waals surface area contributed by atoms with Crippen LogP contribution in [0.25, 0.3) is 0 Å². The smallest absolute Gasteiger partial charge is 0.308 e. The van der Waals surface area contributed by atoms with E-state index in [1.807, 2.05) is 12.1 Å². The number of carboxylic acids is 1. The highest BCUT2D eigenvalue weighted by atomic mass is 35.5. The summed E-state index contributed by atoms with van der Waals surface area (Å²) >= 11 is 6.03. The van der Waals surface area contributed by atoms with Crippen LogP contribution in [0.15, 0.2) is 18.2 Å². The molecule has 2 saturated carbocycles. The van der Waals surface area contributed by atoms with Gasteiger partial charge in [-0.15, -0.1) is 0 Å². The van der Waals surface area contributed by atoms with Crippen LogP contribution in [-0.2, 0) is 11.3 Å². The number of hydrogen-bond acceptors (Lipinski definition) is 3. The Morgan fingerprint density at radius 1 is 1.43 bits per heavy atom. The van der Waals surface area contributed by atoms with Gasteiger partial charge < -0.3 is 15.2 Å². The molecule has 0 aromatic heterocycles. The van der Waals surface area contributed by atoms with Crippen molar-refractivity contribution in [2.75, 3.05) is 7.11 Å². The number of aliphatic carboxylic acids is 1. The maximum atomic E-state index is 11.5. The number of hydrogen-bond donors (Lipinski definition) is 2. The van der Waals surface area contributed by atoms with Crippen LogP contribution >= 0.6 is 11.6 Å². The SMILES string of the molecule is COc1ccc(Cl)cc1CNC1C2CCC(C2)C1C(=O)O. The van der Waals surface area contributed by atoms with E-state index in [2.05, 4.69) is 5.32 Å². The first-order valence-electron chi connectivity index (χ1n) is 7.38. The topological polar surface area (TPSA) is 58.6 Å². The molecule has 2 N–H and O–H groups in total. The van der Waals surface area contributed by atoms with Gasteiger partial charge in [-0.3, -0.25) is 4.79 Å². The van der Waals surface area contributed by atoms with Crippen molar-refractivity contribution in [3.8, 4) is 5.75 Å². The lowest BCUT2D eigenvalue weighted by Crippen LogP contribution is -2.43. The minimum absolute atomic E-state index is 0.0601. The first kappa shape index (κ1) is 14.7. The number of rotatable bonds is 5. The first-order valence-corrected chi connectivity index (χ1v) is 7.76. The lowest BCUT2D eigenvalue weighted by atomic mass is 9.84. The summed E-state index contributed by atoms with van der Waals surface area (Å²) in [5.41, 5.74) is 0.969. The fourth-order valence-corrected chi connectivity index (χ4v) is 4.25. The van der Waals surface area contributed by atoms with Crippen molar-refractivity contribution < 1.29 is 14.6 Å². The van der Waals surface area contributed by atoms with E-state index in [0.29, 0.717) is 23.4 Å². The second-order valence-electron chi connectivity index (χ2n) is 6.06. The molecule has 0 spiro atoms. The summed E-state index contributed by atoms with van der Waals surface area (Å²) < 4.78 is 5.34. The van der Waals surface area contributed by atoms with Gasteiger partial charge in [-0.25, -0.2) is 0 Å². The minimum Gasteiger partial charge on any atom is -0.496 e. The van der Waals surface area contributed by atoms with Crippen molar-refractivity contribution in [3.63, 3.8) is 0 Å². The lowest BCUT2D eigenvalue weighted by Gasteiger charge is -2.29. The quantitative estimate of drug-likeness (QED) is 0.878. The summed E-state index contributed by atoms with van der Waals surface area (Å²) in [5.74, 6) is 0.682. The largest absolute Gasteiger partial charge is 0.496 e. The lowest BCUT2D eigenvalue weighted by molar-refractivity contribution is -0.144. The first-order chi connectivity index (χ1) is 10.1. The molecule has 0 amide bonds. The maximum Gasteiger partial charge on any atom is 0.308 e. The molecule has 2 aliphatic rings. The zero-order valence-corrected chi connectivity index (χ0v) is 12.8. The molecule has 0 aliphatic heterocycles. The Bertz CT molecular complexity index is 548. The molecule has 2 aliphatic carbocycles. The average molecular weight is 310 g/mol. The van der Waals surface area contributed by atoms with E-state index in [1.165, 1.54) is 0 Å². The van der Waals surface area contributed by atoms with Gasteiger partial charge in [-0.1, -0.05) is 11.6 Å². The van der Waals surface area contributed by atoms with E-state index < -0.39 is 5.97 Å². The summed E-state index contributed by atoms with van der Waals surface area (Å²) in [6, 6.07) is 5.57. The Balaban J connectivity index is 1.72. The summed E-state index contributed by atoms with van der Waals surface area (Å²) in [6.45, 7) is 0.585. The number of fused-ring (bicyclic) bond motifs is 2. The summed E-state index contributed by atoms with van der Waals surface area (Å²) in [5, 5.41) is 13.6. The van der Waals surface area contributed by atoms with E-state index in [4.69, 9.17) is 16.3 Å². The molecule has 1 aromatic rings. The Morgan fingerprint density at radius 3 is 2.90 bits per heavy atom. The van der Waals surface area contributed by atoms with Crippen LogP contribution < -0.4 is 10.1 Å². The molecule has 0 saturated heterocycles. The Kier molecular flexibility index (Phi) is 4.09. The van der Waals surface area contributed by atoms with Gasteiger partial charge in [0.2, 0.25) is 0 Å². The van der Waals surface area contributed by atoms with Crippen molar-refractivity contribution in [3.05, 3.63) is 28.8 Å². The van der Waals surface area contributed by atoms with Crippen LogP contribution in [0.2, 0.25) is 5.02 Å². The monoisotopic (exact) mass is 309 g/mol. The molecule has 4 nitrogen and oxygen atoms in total. The summed E-state index contributed by atoms with van der Waals surface area (Å²) in [6.07, 6.45) is 3.24. The highest BCUT2D eigenvalue weighted by Gasteiger charge is 2.50. The third-order valence-corrected chi connectivity index (χ3v) is 5.21. The van der Waals surface area contributed by atoms with Gasteiger partial charge in [-0.05, 0) is 49.3 Å². The van der Waals surface area contributed by atoms with Crippen molar-refractivity contribution in [2.24, 2.45) is 17.8 Å². The molecule has 5 heteroatoms. The van der Waals surface area contributed by atoms with Crippen LogP contribution in [-0.4, -0.2) is 24.2 Å². The fraction of sp³-hybridized carbons (Fsp3) is 0.562. The highest BCUT2D eigenvalue weighted by Crippen LogP contribution is 2.48. The van der Waals surface area contributed by atoms with Crippen molar-refractivity contribution in [2.45, 2.75) is 31.8 Å². The van der Waals surface area contributed by atoms with Gasteiger partial charge in [0.25, 0.3) is 0 Å². The van der Waals surface area contributed by atoms with E-state index in [-0.39, 0.29) is 12.0 Å². The molecule has 0 heterocycles. The van der Waals surface area contributed by atoms with Crippen LogP contribution in [0.4, 0.5) is 0 Å².